The molecule has 0 aliphatic heterocycles. The van der Waals surface area contributed by atoms with E-state index in [1.807, 2.05) is 12.2 Å². The molecule has 0 aromatic carbocycles. The number of allylic oxidation sites excluding steroid dienone is 13. The van der Waals surface area contributed by atoms with E-state index in [1.54, 1.807) is 0 Å². The van der Waals surface area contributed by atoms with Crippen molar-refractivity contribution in [2.75, 3.05) is 6.61 Å². The summed E-state index contributed by atoms with van der Waals surface area (Å²) in [6.45, 7) is 6.32. The third-order valence-corrected chi connectivity index (χ3v) is 11.5. The van der Waals surface area contributed by atoms with Gasteiger partial charge in [-0.25, -0.2) is 0 Å². The summed E-state index contributed by atoms with van der Waals surface area (Å²) in [5, 5.41) is 23.7. The van der Waals surface area contributed by atoms with Crippen LogP contribution in [0.1, 0.15) is 239 Å². The molecular formula is C57H99NO5. The Morgan fingerprint density at radius 1 is 0.492 bits per heavy atom. The Labute approximate surface area is 389 Å². The van der Waals surface area contributed by atoms with Crippen molar-refractivity contribution < 1.29 is 24.5 Å². The van der Waals surface area contributed by atoms with Gasteiger partial charge in [0.2, 0.25) is 5.91 Å². The third kappa shape index (κ3) is 45.4. The zero-order valence-corrected chi connectivity index (χ0v) is 41.2. The van der Waals surface area contributed by atoms with Crippen molar-refractivity contribution in [3.63, 3.8) is 0 Å². The van der Waals surface area contributed by atoms with Crippen LogP contribution in [0.4, 0.5) is 0 Å². The second-order valence-corrected chi connectivity index (χ2v) is 17.5. The molecular weight excluding hydrogens is 779 g/mol. The molecule has 0 rings (SSSR count). The van der Waals surface area contributed by atoms with Crippen molar-refractivity contribution in [3.8, 4) is 0 Å². The van der Waals surface area contributed by atoms with Gasteiger partial charge in [0.25, 0.3) is 0 Å². The molecule has 0 saturated heterocycles. The summed E-state index contributed by atoms with van der Waals surface area (Å²) in [5.74, 6) is -0.644. The average Bonchev–Trinajstić information content (AvgIpc) is 3.28. The molecule has 362 valence electrons. The van der Waals surface area contributed by atoms with Crippen LogP contribution in [0.5, 0.6) is 0 Å². The molecule has 0 aromatic heterocycles. The highest BCUT2D eigenvalue weighted by Gasteiger charge is 2.23. The molecule has 3 atom stereocenters. The van der Waals surface area contributed by atoms with E-state index in [-0.39, 0.29) is 24.9 Å². The first kappa shape index (κ1) is 60.0. The molecule has 0 aliphatic rings. The second-order valence-electron chi connectivity index (χ2n) is 17.5. The van der Waals surface area contributed by atoms with Gasteiger partial charge in [0, 0.05) is 6.42 Å². The summed E-state index contributed by atoms with van der Waals surface area (Å²) in [4.78, 5) is 26.1. The number of carbonyl (C=O) groups excluding carboxylic acids is 2. The van der Waals surface area contributed by atoms with Crippen LogP contribution in [0.15, 0.2) is 85.1 Å². The number of esters is 1. The van der Waals surface area contributed by atoms with Gasteiger partial charge in [0.05, 0.1) is 25.2 Å². The number of nitrogens with one attached hydrogen (secondary N) is 1. The standard InChI is InChI=1S/C57H99NO5/c1-4-7-10-13-16-19-22-24-26-27-28-29-30-32-35-38-41-44-47-50-57(62)63-53(48-45-42-39-36-33-21-18-15-12-9-6-3)51-56(61)58-54(52-59)55(60)49-46-43-40-37-34-31-25-23-20-17-14-11-8-5-2/h7,10,16,19,24,26,28-29,32,35-36,39,45,48,53-55,59-60H,4-6,8-9,11-15,17-18,20-23,25,27,30-31,33-34,37-38,40-44,46-47,49-52H2,1-3H3,(H,58,61)/b10-7-,19-16-,26-24-,29-28-,35-32-,39-36-,48-45+. The fourth-order valence-electron chi connectivity index (χ4n) is 7.48. The molecule has 6 heteroatoms. The van der Waals surface area contributed by atoms with Gasteiger partial charge in [-0.15, -0.1) is 0 Å². The monoisotopic (exact) mass is 878 g/mol. The van der Waals surface area contributed by atoms with E-state index in [1.165, 1.54) is 109 Å². The van der Waals surface area contributed by atoms with Gasteiger partial charge in [-0.3, -0.25) is 9.59 Å². The van der Waals surface area contributed by atoms with E-state index in [0.717, 1.165) is 83.5 Å². The molecule has 0 heterocycles. The fraction of sp³-hybridized carbons (Fsp3) is 0.719. The van der Waals surface area contributed by atoms with E-state index in [2.05, 4.69) is 99.0 Å². The normalized spacial score (nSPS) is 13.9. The Morgan fingerprint density at radius 2 is 0.889 bits per heavy atom. The van der Waals surface area contributed by atoms with Crippen LogP contribution in [0, 0.1) is 0 Å². The molecule has 0 spiro atoms. The molecule has 63 heavy (non-hydrogen) atoms. The van der Waals surface area contributed by atoms with Crippen molar-refractivity contribution in [2.45, 2.75) is 257 Å². The zero-order valence-electron chi connectivity index (χ0n) is 41.2. The van der Waals surface area contributed by atoms with Crippen molar-refractivity contribution >= 4 is 11.9 Å². The number of amides is 1. The first-order valence-electron chi connectivity index (χ1n) is 26.3. The van der Waals surface area contributed by atoms with Crippen LogP contribution in [0.25, 0.3) is 0 Å². The van der Waals surface area contributed by atoms with Gasteiger partial charge in [-0.2, -0.15) is 0 Å². The highest BCUT2D eigenvalue weighted by atomic mass is 16.5. The summed E-state index contributed by atoms with van der Waals surface area (Å²) in [6.07, 6.45) is 65.3. The maximum Gasteiger partial charge on any atom is 0.306 e. The lowest BCUT2D eigenvalue weighted by molar-refractivity contribution is -0.148. The van der Waals surface area contributed by atoms with E-state index in [9.17, 15) is 19.8 Å². The Hall–Kier alpha value is -2.96. The van der Waals surface area contributed by atoms with E-state index in [0.29, 0.717) is 19.3 Å². The molecule has 0 aromatic rings. The third-order valence-electron chi connectivity index (χ3n) is 11.5. The maximum absolute atomic E-state index is 13.2. The number of hydrogen-bond donors (Lipinski definition) is 3. The lowest BCUT2D eigenvalue weighted by Gasteiger charge is -2.23. The largest absolute Gasteiger partial charge is 0.458 e. The number of aliphatic hydroxyl groups is 2. The second kappa shape index (κ2) is 50.0. The zero-order chi connectivity index (χ0) is 45.9. The molecule has 0 aliphatic carbocycles. The number of rotatable bonds is 46. The molecule has 3 N–H and O–H groups in total. The van der Waals surface area contributed by atoms with Crippen molar-refractivity contribution in [1.29, 1.82) is 0 Å². The molecule has 0 bridgehead atoms. The number of carbonyl (C=O) groups is 2. The first-order valence-corrected chi connectivity index (χ1v) is 26.3. The van der Waals surface area contributed by atoms with Gasteiger partial charge in [0.1, 0.15) is 6.10 Å². The first-order chi connectivity index (χ1) is 31.0. The molecule has 1 amide bonds. The predicted molar refractivity (Wildman–Crippen MR) is 273 cm³/mol. The summed E-state index contributed by atoms with van der Waals surface area (Å²) in [7, 11) is 0. The van der Waals surface area contributed by atoms with Crippen molar-refractivity contribution in [2.24, 2.45) is 0 Å². The van der Waals surface area contributed by atoms with E-state index < -0.39 is 18.2 Å². The lowest BCUT2D eigenvalue weighted by Crippen LogP contribution is -2.46. The molecule has 6 nitrogen and oxygen atoms in total. The van der Waals surface area contributed by atoms with E-state index in [4.69, 9.17) is 4.74 Å². The molecule has 0 radical (unpaired) electrons. The fourth-order valence-corrected chi connectivity index (χ4v) is 7.48. The summed E-state index contributed by atoms with van der Waals surface area (Å²) >= 11 is 0. The van der Waals surface area contributed by atoms with Gasteiger partial charge in [-0.1, -0.05) is 228 Å². The number of aliphatic hydroxyl groups excluding tert-OH is 2. The van der Waals surface area contributed by atoms with E-state index >= 15 is 0 Å². The van der Waals surface area contributed by atoms with Crippen LogP contribution in [0.2, 0.25) is 0 Å². The number of unbranched alkanes of at least 4 members (excludes halogenated alkanes) is 22. The van der Waals surface area contributed by atoms with Gasteiger partial charge in [-0.05, 0) is 83.1 Å². The SMILES string of the molecule is CC/C=C\C/C=C\C/C=C\C/C=C\C/C=C\CCCCCC(=O)OC(/C=C/C/C=C\CCCCCCCC)CC(=O)NC(CO)C(O)CCCCCCCCCCCCCCCC. The number of hydrogen-bond acceptors (Lipinski definition) is 5. The minimum atomic E-state index is -0.820. The Morgan fingerprint density at radius 3 is 1.35 bits per heavy atom. The predicted octanol–water partition coefficient (Wildman–Crippen LogP) is 16.0. The summed E-state index contributed by atoms with van der Waals surface area (Å²) < 4.78 is 5.81. The Bertz CT molecular complexity index is 1210. The van der Waals surface area contributed by atoms with Crippen LogP contribution < -0.4 is 5.32 Å². The minimum absolute atomic E-state index is 0.0458. The summed E-state index contributed by atoms with van der Waals surface area (Å²) in [6, 6.07) is -0.743. The topological polar surface area (TPSA) is 95.9 Å². The molecule has 0 fully saturated rings. The van der Waals surface area contributed by atoms with Gasteiger partial charge >= 0.3 is 5.97 Å². The van der Waals surface area contributed by atoms with Crippen LogP contribution in [-0.2, 0) is 14.3 Å². The summed E-state index contributed by atoms with van der Waals surface area (Å²) in [5.41, 5.74) is 0. The van der Waals surface area contributed by atoms with Gasteiger partial charge in [0.15, 0.2) is 0 Å². The Balaban J connectivity index is 4.65. The smallest absolute Gasteiger partial charge is 0.306 e. The lowest BCUT2D eigenvalue weighted by atomic mass is 10.0. The highest BCUT2D eigenvalue weighted by Crippen LogP contribution is 2.16. The highest BCUT2D eigenvalue weighted by molar-refractivity contribution is 5.78. The van der Waals surface area contributed by atoms with Crippen LogP contribution in [0.3, 0.4) is 0 Å². The minimum Gasteiger partial charge on any atom is -0.458 e. The molecule has 3 unspecified atom stereocenters. The number of ether oxygens (including phenoxy) is 1. The van der Waals surface area contributed by atoms with Crippen molar-refractivity contribution in [1.82, 2.24) is 5.32 Å². The molecule has 0 saturated carbocycles. The van der Waals surface area contributed by atoms with Crippen LogP contribution in [-0.4, -0.2) is 46.9 Å². The quantitative estimate of drug-likeness (QED) is 0.0322. The van der Waals surface area contributed by atoms with Crippen LogP contribution >= 0.6 is 0 Å². The van der Waals surface area contributed by atoms with Crippen molar-refractivity contribution in [3.05, 3.63) is 85.1 Å². The maximum atomic E-state index is 13.2. The Kier molecular flexibility index (Phi) is 47.7. The van der Waals surface area contributed by atoms with Gasteiger partial charge < -0.3 is 20.3 Å². The average molecular weight is 878 g/mol.